The summed E-state index contributed by atoms with van der Waals surface area (Å²) >= 11 is 5.88. The summed E-state index contributed by atoms with van der Waals surface area (Å²) in [6.07, 6.45) is 4.52. The lowest BCUT2D eigenvalue weighted by Gasteiger charge is -2.31. The first kappa shape index (κ1) is 15.5. The van der Waals surface area contributed by atoms with Crippen molar-refractivity contribution in [2.45, 2.75) is 19.4 Å². The SMILES string of the molecule is COC(=O)C1CCCN(C(=O)NCc2nccnc2Cl)C1. The number of halogens is 1. The van der Waals surface area contributed by atoms with Crippen LogP contribution in [-0.4, -0.2) is 47.1 Å². The fraction of sp³-hybridized carbons (Fsp3) is 0.538. The number of carbonyl (C=O) groups is 2. The minimum atomic E-state index is -0.274. The fourth-order valence-corrected chi connectivity index (χ4v) is 2.43. The van der Waals surface area contributed by atoms with Gasteiger partial charge in [0.05, 0.1) is 25.3 Å². The van der Waals surface area contributed by atoms with Gasteiger partial charge in [0.2, 0.25) is 0 Å². The van der Waals surface area contributed by atoms with E-state index in [2.05, 4.69) is 15.3 Å². The summed E-state index contributed by atoms with van der Waals surface area (Å²) in [6.45, 7) is 1.19. The summed E-state index contributed by atoms with van der Waals surface area (Å²) in [6, 6.07) is -0.245. The highest BCUT2D eigenvalue weighted by Gasteiger charge is 2.28. The molecule has 1 aliphatic heterocycles. The Bertz CT molecular complexity index is 526. The van der Waals surface area contributed by atoms with E-state index in [9.17, 15) is 9.59 Å². The second-order valence-corrected chi connectivity index (χ2v) is 5.12. The number of esters is 1. The van der Waals surface area contributed by atoms with Gasteiger partial charge < -0.3 is 15.0 Å². The van der Waals surface area contributed by atoms with Gasteiger partial charge in [-0.25, -0.2) is 9.78 Å². The number of amides is 2. The largest absolute Gasteiger partial charge is 0.469 e. The Kier molecular flexibility index (Phi) is 5.32. The predicted molar refractivity (Wildman–Crippen MR) is 75.6 cm³/mol. The molecule has 7 nitrogen and oxygen atoms in total. The van der Waals surface area contributed by atoms with E-state index >= 15 is 0 Å². The number of hydrogen-bond donors (Lipinski definition) is 1. The highest BCUT2D eigenvalue weighted by molar-refractivity contribution is 6.29. The van der Waals surface area contributed by atoms with Crippen LogP contribution in [0, 0.1) is 5.92 Å². The number of likely N-dealkylation sites (tertiary alicyclic amines) is 1. The molecule has 0 aromatic carbocycles. The van der Waals surface area contributed by atoms with Gasteiger partial charge in [-0.3, -0.25) is 9.78 Å². The summed E-state index contributed by atoms with van der Waals surface area (Å²) in [4.78, 5) is 33.2. The Hall–Kier alpha value is -1.89. The van der Waals surface area contributed by atoms with Crippen LogP contribution in [0.1, 0.15) is 18.5 Å². The van der Waals surface area contributed by atoms with Crippen molar-refractivity contribution >= 4 is 23.6 Å². The molecule has 0 saturated carbocycles. The summed E-state index contributed by atoms with van der Waals surface area (Å²) in [5.74, 6) is -0.529. The van der Waals surface area contributed by atoms with Gasteiger partial charge in [-0.1, -0.05) is 11.6 Å². The molecule has 0 bridgehead atoms. The molecule has 1 atom stereocenters. The van der Waals surface area contributed by atoms with Gasteiger partial charge in [-0.05, 0) is 12.8 Å². The molecule has 1 unspecified atom stereocenters. The molecule has 21 heavy (non-hydrogen) atoms. The minimum Gasteiger partial charge on any atom is -0.469 e. The fourth-order valence-electron chi connectivity index (χ4n) is 2.26. The average Bonchev–Trinajstić information content (AvgIpc) is 2.53. The molecule has 114 valence electrons. The minimum absolute atomic E-state index is 0.199. The van der Waals surface area contributed by atoms with Crippen LogP contribution in [0.15, 0.2) is 12.4 Å². The van der Waals surface area contributed by atoms with Crippen molar-refractivity contribution in [1.82, 2.24) is 20.2 Å². The van der Waals surface area contributed by atoms with Crippen LogP contribution in [0.4, 0.5) is 4.79 Å². The maximum Gasteiger partial charge on any atom is 0.317 e. The molecule has 1 aliphatic rings. The number of piperidine rings is 1. The van der Waals surface area contributed by atoms with Gasteiger partial charge in [0.15, 0.2) is 5.15 Å². The molecule has 2 amide bonds. The molecule has 1 saturated heterocycles. The van der Waals surface area contributed by atoms with E-state index in [1.165, 1.54) is 19.5 Å². The molecule has 1 aromatic heterocycles. The molecular weight excluding hydrogens is 296 g/mol. The van der Waals surface area contributed by atoms with Crippen molar-refractivity contribution in [3.05, 3.63) is 23.2 Å². The van der Waals surface area contributed by atoms with E-state index in [1.54, 1.807) is 4.90 Å². The Labute approximate surface area is 127 Å². The second kappa shape index (κ2) is 7.21. The van der Waals surface area contributed by atoms with E-state index in [0.29, 0.717) is 18.8 Å². The number of methoxy groups -OCH3 is 1. The van der Waals surface area contributed by atoms with Crippen LogP contribution in [-0.2, 0) is 16.1 Å². The second-order valence-electron chi connectivity index (χ2n) is 4.76. The number of urea groups is 1. The normalized spacial score (nSPS) is 18.2. The summed E-state index contributed by atoms with van der Waals surface area (Å²) in [5, 5.41) is 3.00. The van der Waals surface area contributed by atoms with E-state index in [0.717, 1.165) is 12.8 Å². The van der Waals surface area contributed by atoms with Gasteiger partial charge in [-0.15, -0.1) is 0 Å². The zero-order valence-corrected chi connectivity index (χ0v) is 12.5. The molecule has 2 heterocycles. The van der Waals surface area contributed by atoms with Crippen molar-refractivity contribution in [2.24, 2.45) is 5.92 Å². The van der Waals surface area contributed by atoms with Crippen LogP contribution in [0.3, 0.4) is 0 Å². The number of aromatic nitrogens is 2. The number of carbonyl (C=O) groups excluding carboxylic acids is 2. The number of nitrogens with one attached hydrogen (secondary N) is 1. The van der Waals surface area contributed by atoms with E-state index < -0.39 is 0 Å². The smallest absolute Gasteiger partial charge is 0.317 e. The number of ether oxygens (including phenoxy) is 1. The Balaban J connectivity index is 1.88. The van der Waals surface area contributed by atoms with Crippen molar-refractivity contribution in [2.75, 3.05) is 20.2 Å². The van der Waals surface area contributed by atoms with Gasteiger partial charge in [0.1, 0.15) is 0 Å². The Morgan fingerprint density at radius 2 is 2.24 bits per heavy atom. The number of hydrogen-bond acceptors (Lipinski definition) is 5. The maximum atomic E-state index is 12.1. The molecular formula is C13H17ClN4O3. The lowest BCUT2D eigenvalue weighted by Crippen LogP contribution is -2.47. The van der Waals surface area contributed by atoms with E-state index in [1.807, 2.05) is 0 Å². The zero-order valence-electron chi connectivity index (χ0n) is 11.7. The molecule has 2 rings (SSSR count). The molecule has 1 aromatic rings. The first-order chi connectivity index (χ1) is 10.1. The lowest BCUT2D eigenvalue weighted by molar-refractivity contribution is -0.146. The standard InChI is InChI=1S/C13H17ClN4O3/c1-21-12(19)9-3-2-6-18(8-9)13(20)17-7-10-11(14)16-5-4-15-10/h4-5,9H,2-3,6-8H2,1H3,(H,17,20). The van der Waals surface area contributed by atoms with Crippen molar-refractivity contribution < 1.29 is 14.3 Å². The lowest BCUT2D eigenvalue weighted by atomic mass is 9.98. The molecule has 1 N–H and O–H groups in total. The first-order valence-electron chi connectivity index (χ1n) is 6.67. The molecule has 1 fully saturated rings. The molecule has 0 aliphatic carbocycles. The van der Waals surface area contributed by atoms with Crippen LogP contribution in [0.25, 0.3) is 0 Å². The monoisotopic (exact) mass is 312 g/mol. The third kappa shape index (κ3) is 4.04. The molecule has 8 heteroatoms. The quantitative estimate of drug-likeness (QED) is 0.848. The zero-order chi connectivity index (χ0) is 15.2. The topological polar surface area (TPSA) is 84.4 Å². The van der Waals surface area contributed by atoms with Crippen LogP contribution in [0.2, 0.25) is 5.15 Å². The Morgan fingerprint density at radius 1 is 1.48 bits per heavy atom. The van der Waals surface area contributed by atoms with Gasteiger partial charge in [0.25, 0.3) is 0 Å². The molecule has 0 radical (unpaired) electrons. The summed E-state index contributed by atoms with van der Waals surface area (Å²) < 4.78 is 4.73. The summed E-state index contributed by atoms with van der Waals surface area (Å²) in [5.41, 5.74) is 0.508. The third-order valence-corrected chi connectivity index (χ3v) is 3.69. The molecule has 0 spiro atoms. The highest BCUT2D eigenvalue weighted by Crippen LogP contribution is 2.18. The third-order valence-electron chi connectivity index (χ3n) is 3.37. The average molecular weight is 313 g/mol. The highest BCUT2D eigenvalue weighted by atomic mass is 35.5. The number of rotatable bonds is 3. The van der Waals surface area contributed by atoms with Crippen LogP contribution in [0.5, 0.6) is 0 Å². The van der Waals surface area contributed by atoms with Crippen molar-refractivity contribution in [3.8, 4) is 0 Å². The summed E-state index contributed by atoms with van der Waals surface area (Å²) in [7, 11) is 1.36. The van der Waals surface area contributed by atoms with Crippen LogP contribution >= 0.6 is 11.6 Å². The van der Waals surface area contributed by atoms with Gasteiger partial charge in [-0.2, -0.15) is 0 Å². The first-order valence-corrected chi connectivity index (χ1v) is 7.05. The maximum absolute atomic E-state index is 12.1. The van der Waals surface area contributed by atoms with Crippen molar-refractivity contribution in [3.63, 3.8) is 0 Å². The van der Waals surface area contributed by atoms with Crippen LogP contribution < -0.4 is 5.32 Å². The van der Waals surface area contributed by atoms with E-state index in [-0.39, 0.29) is 29.6 Å². The van der Waals surface area contributed by atoms with Gasteiger partial charge >= 0.3 is 12.0 Å². The number of nitrogens with zero attached hydrogens (tertiary/aromatic N) is 3. The van der Waals surface area contributed by atoms with Crippen molar-refractivity contribution in [1.29, 1.82) is 0 Å². The van der Waals surface area contributed by atoms with Gasteiger partial charge in [0, 0.05) is 25.5 Å². The van der Waals surface area contributed by atoms with E-state index in [4.69, 9.17) is 16.3 Å². The predicted octanol–water partition coefficient (Wildman–Crippen LogP) is 1.22. The Morgan fingerprint density at radius 3 is 2.95 bits per heavy atom.